The van der Waals surface area contributed by atoms with Crippen LogP contribution in [0.2, 0.25) is 0 Å². The van der Waals surface area contributed by atoms with E-state index in [-0.39, 0.29) is 5.82 Å². The van der Waals surface area contributed by atoms with Crippen LogP contribution in [0.25, 0.3) is 0 Å². The van der Waals surface area contributed by atoms with Crippen molar-refractivity contribution in [2.24, 2.45) is 0 Å². The number of benzene rings is 1. The molecule has 0 aliphatic heterocycles. The van der Waals surface area contributed by atoms with Crippen molar-refractivity contribution in [3.8, 4) is 0 Å². The van der Waals surface area contributed by atoms with Crippen molar-refractivity contribution in [2.45, 2.75) is 19.4 Å². The molecule has 0 aromatic heterocycles. The summed E-state index contributed by atoms with van der Waals surface area (Å²) in [5.41, 5.74) is 1.17. The zero-order chi connectivity index (χ0) is 11.1. The number of halogens is 1. The van der Waals surface area contributed by atoms with Gasteiger partial charge in [-0.25, -0.2) is 4.39 Å². The predicted octanol–water partition coefficient (Wildman–Crippen LogP) is 3.23. The summed E-state index contributed by atoms with van der Waals surface area (Å²) in [7, 11) is 0. The molecule has 0 bridgehead atoms. The molecule has 1 aromatic rings. The van der Waals surface area contributed by atoms with E-state index in [9.17, 15) is 4.39 Å². The van der Waals surface area contributed by atoms with Crippen LogP contribution >= 0.6 is 11.8 Å². The maximum Gasteiger partial charge on any atom is 0.123 e. The number of hydrogen-bond acceptors (Lipinski definition) is 2. The third kappa shape index (κ3) is 4.22. The summed E-state index contributed by atoms with van der Waals surface area (Å²) in [6.45, 7) is 3.15. The first kappa shape index (κ1) is 12.5. The molecule has 0 aliphatic carbocycles. The molecule has 3 heteroatoms. The van der Waals surface area contributed by atoms with Gasteiger partial charge in [-0.2, -0.15) is 11.8 Å². The molecule has 0 spiro atoms. The summed E-state index contributed by atoms with van der Waals surface area (Å²) in [5.74, 6) is 0.850. The summed E-state index contributed by atoms with van der Waals surface area (Å²) in [6.07, 6.45) is 3.20. The smallest absolute Gasteiger partial charge is 0.123 e. The molecule has 0 saturated heterocycles. The lowest BCUT2D eigenvalue weighted by Gasteiger charge is -2.17. The zero-order valence-corrected chi connectivity index (χ0v) is 10.1. The molecule has 0 amide bonds. The highest BCUT2D eigenvalue weighted by Gasteiger charge is 2.09. The first-order chi connectivity index (χ1) is 7.27. The summed E-state index contributed by atoms with van der Waals surface area (Å²) >= 11 is 1.80. The average molecular weight is 227 g/mol. The molecule has 0 aliphatic rings. The van der Waals surface area contributed by atoms with Crippen molar-refractivity contribution >= 4 is 11.8 Å². The second kappa shape index (κ2) is 6.85. The number of thioether (sulfide) groups is 1. The Labute approximate surface area is 95.5 Å². The second-order valence-electron chi connectivity index (χ2n) is 3.51. The maximum absolute atomic E-state index is 12.8. The van der Waals surface area contributed by atoms with Gasteiger partial charge < -0.3 is 5.32 Å². The molecular weight excluding hydrogens is 209 g/mol. The average Bonchev–Trinajstić information content (AvgIpc) is 2.25. The third-order valence-corrected chi connectivity index (χ3v) is 2.91. The Morgan fingerprint density at radius 2 is 2.00 bits per heavy atom. The van der Waals surface area contributed by atoms with E-state index in [0.717, 1.165) is 18.7 Å². The van der Waals surface area contributed by atoms with E-state index in [1.165, 1.54) is 17.7 Å². The largest absolute Gasteiger partial charge is 0.309 e. The van der Waals surface area contributed by atoms with Crippen molar-refractivity contribution < 1.29 is 4.39 Å². The first-order valence-electron chi connectivity index (χ1n) is 5.25. The minimum Gasteiger partial charge on any atom is -0.309 e. The molecule has 0 radical (unpaired) electrons. The highest BCUT2D eigenvalue weighted by molar-refractivity contribution is 7.98. The van der Waals surface area contributed by atoms with E-state index in [1.54, 1.807) is 11.8 Å². The molecule has 1 N–H and O–H groups in total. The quantitative estimate of drug-likeness (QED) is 0.800. The minimum atomic E-state index is -0.169. The normalized spacial score (nSPS) is 12.7. The Morgan fingerprint density at radius 3 is 2.53 bits per heavy atom. The van der Waals surface area contributed by atoms with E-state index >= 15 is 0 Å². The van der Waals surface area contributed by atoms with E-state index in [0.29, 0.717) is 6.04 Å². The molecule has 15 heavy (non-hydrogen) atoms. The summed E-state index contributed by atoms with van der Waals surface area (Å²) < 4.78 is 12.8. The van der Waals surface area contributed by atoms with Crippen LogP contribution < -0.4 is 5.32 Å². The lowest BCUT2D eigenvalue weighted by Crippen LogP contribution is -2.24. The molecule has 1 atom stereocenters. The van der Waals surface area contributed by atoms with Crippen LogP contribution in [-0.4, -0.2) is 18.6 Å². The van der Waals surface area contributed by atoms with Gasteiger partial charge in [0.2, 0.25) is 0 Å². The van der Waals surface area contributed by atoms with Crippen LogP contribution in [0.15, 0.2) is 24.3 Å². The van der Waals surface area contributed by atoms with Gasteiger partial charge in [0.05, 0.1) is 0 Å². The fourth-order valence-corrected chi connectivity index (χ4v) is 2.10. The van der Waals surface area contributed by atoms with Gasteiger partial charge in [0.25, 0.3) is 0 Å². The molecule has 1 rings (SSSR count). The van der Waals surface area contributed by atoms with Crippen molar-refractivity contribution in [2.75, 3.05) is 18.6 Å². The van der Waals surface area contributed by atoms with Gasteiger partial charge in [0.15, 0.2) is 0 Å². The van der Waals surface area contributed by atoms with Crippen LogP contribution in [0, 0.1) is 5.82 Å². The standard InChI is InChI=1S/C12H18FNS/c1-3-8-14-12(9-15-2)10-4-6-11(13)7-5-10/h4-7,12,14H,3,8-9H2,1-2H3. The van der Waals surface area contributed by atoms with Gasteiger partial charge in [-0.3, -0.25) is 0 Å². The zero-order valence-electron chi connectivity index (χ0n) is 9.29. The number of nitrogens with one attached hydrogen (secondary N) is 1. The monoisotopic (exact) mass is 227 g/mol. The summed E-state index contributed by atoms with van der Waals surface area (Å²) in [4.78, 5) is 0. The molecule has 0 fully saturated rings. The summed E-state index contributed by atoms with van der Waals surface area (Å²) in [5, 5.41) is 3.46. The van der Waals surface area contributed by atoms with Crippen LogP contribution in [0.1, 0.15) is 24.9 Å². The van der Waals surface area contributed by atoms with Crippen molar-refractivity contribution in [3.05, 3.63) is 35.6 Å². The second-order valence-corrected chi connectivity index (χ2v) is 4.42. The van der Waals surface area contributed by atoms with Gasteiger partial charge in [-0.05, 0) is 36.9 Å². The molecular formula is C12H18FNS. The Balaban J connectivity index is 2.65. The van der Waals surface area contributed by atoms with Gasteiger partial charge in [-0.15, -0.1) is 0 Å². The van der Waals surface area contributed by atoms with Crippen molar-refractivity contribution in [1.82, 2.24) is 5.32 Å². The van der Waals surface area contributed by atoms with E-state index < -0.39 is 0 Å². The topological polar surface area (TPSA) is 12.0 Å². The number of rotatable bonds is 6. The van der Waals surface area contributed by atoms with Gasteiger partial charge in [-0.1, -0.05) is 19.1 Å². The molecule has 84 valence electrons. The first-order valence-corrected chi connectivity index (χ1v) is 6.65. The number of hydrogen-bond donors (Lipinski definition) is 1. The van der Waals surface area contributed by atoms with Crippen molar-refractivity contribution in [1.29, 1.82) is 0 Å². The Bertz CT molecular complexity index is 273. The van der Waals surface area contributed by atoms with Crippen molar-refractivity contribution in [3.63, 3.8) is 0 Å². The Morgan fingerprint density at radius 1 is 1.33 bits per heavy atom. The molecule has 0 saturated carbocycles. The fraction of sp³-hybridized carbons (Fsp3) is 0.500. The van der Waals surface area contributed by atoms with Gasteiger partial charge >= 0.3 is 0 Å². The van der Waals surface area contributed by atoms with E-state index in [4.69, 9.17) is 0 Å². The fourth-order valence-electron chi connectivity index (χ4n) is 1.45. The van der Waals surface area contributed by atoms with Crippen LogP contribution in [0.3, 0.4) is 0 Å². The predicted molar refractivity (Wildman–Crippen MR) is 65.8 cm³/mol. The maximum atomic E-state index is 12.8. The highest BCUT2D eigenvalue weighted by atomic mass is 32.2. The van der Waals surface area contributed by atoms with E-state index in [2.05, 4.69) is 18.5 Å². The molecule has 1 nitrogen and oxygen atoms in total. The lowest BCUT2D eigenvalue weighted by molar-refractivity contribution is 0.574. The minimum absolute atomic E-state index is 0.169. The van der Waals surface area contributed by atoms with E-state index in [1.807, 2.05) is 12.1 Å². The third-order valence-electron chi connectivity index (χ3n) is 2.25. The molecule has 1 unspecified atom stereocenters. The Kier molecular flexibility index (Phi) is 5.73. The molecule has 1 aromatic carbocycles. The van der Waals surface area contributed by atoms with Crippen LogP contribution in [0.5, 0.6) is 0 Å². The van der Waals surface area contributed by atoms with Crippen LogP contribution in [-0.2, 0) is 0 Å². The van der Waals surface area contributed by atoms with Gasteiger partial charge in [0, 0.05) is 11.8 Å². The summed E-state index contributed by atoms with van der Waals surface area (Å²) in [6, 6.07) is 7.10. The SMILES string of the molecule is CCCNC(CSC)c1ccc(F)cc1. The van der Waals surface area contributed by atoms with Crippen LogP contribution in [0.4, 0.5) is 4.39 Å². The Hall–Kier alpha value is -0.540. The molecule has 0 heterocycles. The highest BCUT2D eigenvalue weighted by Crippen LogP contribution is 2.17. The lowest BCUT2D eigenvalue weighted by atomic mass is 10.1. The van der Waals surface area contributed by atoms with Gasteiger partial charge in [0.1, 0.15) is 5.82 Å².